The Bertz CT molecular complexity index is 1030. The van der Waals surface area contributed by atoms with Gasteiger partial charge in [0.2, 0.25) is 5.88 Å². The largest absolute Gasteiger partial charge is 0.511 e. The fourth-order valence-electron chi connectivity index (χ4n) is 2.43. The number of ether oxygens (including phenoxy) is 1. The molecule has 0 unspecified atom stereocenters. The summed E-state index contributed by atoms with van der Waals surface area (Å²) in [6, 6.07) is 5.56. The van der Waals surface area contributed by atoms with Gasteiger partial charge in [0.25, 0.3) is 5.91 Å². The van der Waals surface area contributed by atoms with Gasteiger partial charge in [0.05, 0.1) is 22.8 Å². The van der Waals surface area contributed by atoms with Crippen LogP contribution in [0.1, 0.15) is 29.9 Å². The Hall–Kier alpha value is -2.44. The summed E-state index contributed by atoms with van der Waals surface area (Å²) in [7, 11) is -5.80. The van der Waals surface area contributed by atoms with Crippen LogP contribution in [0.3, 0.4) is 0 Å². The number of hydrogen-bond donors (Lipinski definition) is 1. The molecule has 2 aromatic rings. The molecule has 0 aliphatic heterocycles. The number of alkyl halides is 3. The first-order chi connectivity index (χ1) is 13.8. The van der Waals surface area contributed by atoms with Crippen LogP contribution in [-0.4, -0.2) is 46.3 Å². The highest BCUT2D eigenvalue weighted by Crippen LogP contribution is 2.34. The van der Waals surface area contributed by atoms with Gasteiger partial charge in [-0.25, -0.2) is 13.4 Å². The number of pyridine rings is 2. The maximum Gasteiger partial charge on any atom is 0.511 e. The standard InChI is InChI=1S/C17H18ClF3N4O4S/c1-16(2,10-29-15-11(14(22)26)5-3-8-24-15)25(30(27,28)17(19,20)21)9-13-12(18)6-4-7-23-13/h3-8H,9-10H2,1-2H3,(H2,22,26). The highest BCUT2D eigenvalue weighted by Gasteiger charge is 2.54. The zero-order chi connectivity index (χ0) is 22.7. The van der Waals surface area contributed by atoms with Crippen molar-refractivity contribution in [2.75, 3.05) is 6.61 Å². The quantitative estimate of drug-likeness (QED) is 0.639. The summed E-state index contributed by atoms with van der Waals surface area (Å²) in [4.78, 5) is 19.2. The number of hydrogen-bond acceptors (Lipinski definition) is 6. The molecule has 2 aromatic heterocycles. The van der Waals surface area contributed by atoms with E-state index < -0.39 is 40.1 Å². The number of nitrogens with zero attached hydrogens (tertiary/aromatic N) is 3. The predicted octanol–water partition coefficient (Wildman–Crippen LogP) is 2.74. The third-order valence-corrected chi connectivity index (χ3v) is 6.12. The fourth-order valence-corrected chi connectivity index (χ4v) is 3.86. The normalized spacial score (nSPS) is 12.8. The van der Waals surface area contributed by atoms with Crippen molar-refractivity contribution < 1.29 is 31.1 Å². The number of aromatic nitrogens is 2. The van der Waals surface area contributed by atoms with E-state index in [-0.39, 0.29) is 26.5 Å². The molecule has 30 heavy (non-hydrogen) atoms. The molecule has 0 saturated carbocycles. The van der Waals surface area contributed by atoms with Crippen LogP contribution in [0.15, 0.2) is 36.7 Å². The maximum atomic E-state index is 13.4. The lowest BCUT2D eigenvalue weighted by Crippen LogP contribution is -2.54. The fraction of sp³-hybridized carbons (Fsp3) is 0.353. The Kier molecular flexibility index (Phi) is 6.94. The zero-order valence-electron chi connectivity index (χ0n) is 15.9. The lowest BCUT2D eigenvalue weighted by molar-refractivity contribution is -0.0534. The van der Waals surface area contributed by atoms with Gasteiger partial charge in [-0.05, 0) is 38.1 Å². The molecule has 0 radical (unpaired) electrons. The highest BCUT2D eigenvalue weighted by molar-refractivity contribution is 7.90. The average molecular weight is 467 g/mol. The minimum absolute atomic E-state index is 0.00247. The lowest BCUT2D eigenvalue weighted by Gasteiger charge is -2.37. The molecule has 0 aromatic carbocycles. The van der Waals surface area contributed by atoms with Crippen LogP contribution in [0.4, 0.5) is 13.2 Å². The molecule has 2 heterocycles. The van der Waals surface area contributed by atoms with Crippen LogP contribution in [0.5, 0.6) is 5.88 Å². The van der Waals surface area contributed by atoms with Gasteiger partial charge in [-0.1, -0.05) is 11.6 Å². The number of sulfonamides is 1. The molecule has 8 nitrogen and oxygen atoms in total. The van der Waals surface area contributed by atoms with E-state index in [0.29, 0.717) is 0 Å². The second-order valence-corrected chi connectivity index (χ2v) is 8.97. The lowest BCUT2D eigenvalue weighted by atomic mass is 10.1. The van der Waals surface area contributed by atoms with E-state index in [1.165, 1.54) is 50.5 Å². The summed E-state index contributed by atoms with van der Waals surface area (Å²) < 4.78 is 70.2. The minimum atomic E-state index is -5.80. The number of rotatable bonds is 8. The Balaban J connectivity index is 2.41. The van der Waals surface area contributed by atoms with Gasteiger partial charge in [0.1, 0.15) is 12.2 Å². The number of nitrogens with two attached hydrogens (primary N) is 1. The molecule has 1 amide bonds. The Morgan fingerprint density at radius 1 is 1.20 bits per heavy atom. The van der Waals surface area contributed by atoms with E-state index in [4.69, 9.17) is 22.1 Å². The van der Waals surface area contributed by atoms with Crippen molar-refractivity contribution in [2.45, 2.75) is 31.4 Å². The van der Waals surface area contributed by atoms with E-state index in [2.05, 4.69) is 9.97 Å². The van der Waals surface area contributed by atoms with E-state index >= 15 is 0 Å². The molecule has 0 aliphatic rings. The Labute approximate surface area is 175 Å². The molecular formula is C17H18ClF3N4O4S. The molecule has 2 rings (SSSR count). The van der Waals surface area contributed by atoms with Crippen molar-refractivity contribution in [3.63, 3.8) is 0 Å². The topological polar surface area (TPSA) is 115 Å². The van der Waals surface area contributed by atoms with Gasteiger partial charge in [-0.2, -0.15) is 17.5 Å². The Morgan fingerprint density at radius 3 is 2.37 bits per heavy atom. The van der Waals surface area contributed by atoms with Crippen molar-refractivity contribution in [3.8, 4) is 5.88 Å². The molecule has 13 heteroatoms. The minimum Gasteiger partial charge on any atom is -0.475 e. The van der Waals surface area contributed by atoms with E-state index in [9.17, 15) is 26.4 Å². The molecule has 0 bridgehead atoms. The third-order valence-electron chi connectivity index (χ3n) is 3.98. The third kappa shape index (κ3) is 5.18. The second kappa shape index (κ2) is 8.74. The predicted molar refractivity (Wildman–Crippen MR) is 102 cm³/mol. The molecule has 164 valence electrons. The van der Waals surface area contributed by atoms with Gasteiger partial charge in [0.15, 0.2) is 0 Å². The van der Waals surface area contributed by atoms with Crippen LogP contribution in [0.2, 0.25) is 5.02 Å². The average Bonchev–Trinajstić information content (AvgIpc) is 2.64. The molecule has 0 aliphatic carbocycles. The highest BCUT2D eigenvalue weighted by atomic mass is 35.5. The van der Waals surface area contributed by atoms with Crippen LogP contribution in [0, 0.1) is 0 Å². The first kappa shape index (κ1) is 23.8. The van der Waals surface area contributed by atoms with Crippen LogP contribution in [-0.2, 0) is 16.6 Å². The first-order valence-corrected chi connectivity index (χ1v) is 10.2. The van der Waals surface area contributed by atoms with Crippen molar-refractivity contribution in [1.29, 1.82) is 0 Å². The van der Waals surface area contributed by atoms with Crippen molar-refractivity contribution >= 4 is 27.5 Å². The van der Waals surface area contributed by atoms with Gasteiger partial charge in [-0.3, -0.25) is 9.78 Å². The SMILES string of the molecule is CC(C)(COc1ncccc1C(N)=O)N(Cc1ncccc1Cl)S(=O)(=O)C(F)(F)F. The molecule has 0 spiro atoms. The monoisotopic (exact) mass is 466 g/mol. The molecule has 0 fully saturated rings. The smallest absolute Gasteiger partial charge is 0.475 e. The summed E-state index contributed by atoms with van der Waals surface area (Å²) >= 11 is 5.95. The van der Waals surface area contributed by atoms with Crippen molar-refractivity contribution in [1.82, 2.24) is 14.3 Å². The van der Waals surface area contributed by atoms with Gasteiger partial charge >= 0.3 is 15.5 Å². The molecule has 2 N–H and O–H groups in total. The zero-order valence-corrected chi connectivity index (χ0v) is 17.4. The first-order valence-electron chi connectivity index (χ1n) is 8.33. The Morgan fingerprint density at radius 2 is 1.80 bits per heavy atom. The van der Waals surface area contributed by atoms with Gasteiger partial charge in [-0.15, -0.1) is 0 Å². The molecular weight excluding hydrogens is 449 g/mol. The molecule has 0 atom stereocenters. The summed E-state index contributed by atoms with van der Waals surface area (Å²) in [5, 5.41) is -0.00247. The van der Waals surface area contributed by atoms with E-state index in [1.54, 1.807) is 0 Å². The van der Waals surface area contributed by atoms with E-state index in [1.807, 2.05) is 0 Å². The summed E-state index contributed by atoms with van der Waals surface area (Å²) in [5.41, 5.74) is -2.28. The van der Waals surface area contributed by atoms with Gasteiger partial charge < -0.3 is 10.5 Å². The maximum absolute atomic E-state index is 13.4. The van der Waals surface area contributed by atoms with Crippen molar-refractivity contribution in [3.05, 3.63) is 52.9 Å². The van der Waals surface area contributed by atoms with Crippen LogP contribution >= 0.6 is 11.6 Å². The van der Waals surface area contributed by atoms with Crippen LogP contribution in [0.25, 0.3) is 0 Å². The number of halogens is 4. The number of carbonyl (C=O) groups is 1. The summed E-state index contributed by atoms with van der Waals surface area (Å²) in [5.74, 6) is -1.10. The second-order valence-electron chi connectivity index (χ2n) is 6.71. The molecule has 0 saturated heterocycles. The number of primary amides is 1. The van der Waals surface area contributed by atoms with Crippen molar-refractivity contribution in [2.24, 2.45) is 5.73 Å². The number of amides is 1. The summed E-state index contributed by atoms with van der Waals surface area (Å²) in [6.07, 6.45) is 2.56. The van der Waals surface area contributed by atoms with E-state index in [0.717, 1.165) is 0 Å². The summed E-state index contributed by atoms with van der Waals surface area (Å²) in [6.45, 7) is 1.10. The van der Waals surface area contributed by atoms with Crippen LogP contribution < -0.4 is 10.5 Å². The number of carbonyl (C=O) groups excluding carboxylic acids is 1. The van der Waals surface area contributed by atoms with Gasteiger partial charge in [0, 0.05) is 12.4 Å².